The van der Waals surface area contributed by atoms with Crippen LogP contribution in [0.15, 0.2) is 12.1 Å². The van der Waals surface area contributed by atoms with Gasteiger partial charge in [0.05, 0.1) is 0 Å². The first-order valence-corrected chi connectivity index (χ1v) is 6.25. The molecule has 0 amide bonds. The molecular weight excluding hydrogens is 245 g/mol. The second-order valence-electron chi connectivity index (χ2n) is 3.96. The molecule has 0 unspecified atom stereocenters. The van der Waals surface area contributed by atoms with Gasteiger partial charge in [-0.1, -0.05) is 29.3 Å². The predicted molar refractivity (Wildman–Crippen MR) is 67.0 cm³/mol. The largest absolute Gasteiger partial charge is 0.315 e. The van der Waals surface area contributed by atoms with Crippen LogP contribution in [0.4, 0.5) is 0 Å². The van der Waals surface area contributed by atoms with E-state index in [4.69, 9.17) is 23.2 Å². The van der Waals surface area contributed by atoms with Gasteiger partial charge < -0.3 is 5.32 Å². The topological polar surface area (TPSA) is 28.2 Å². The number of nitrogens with zero attached hydrogens (tertiary/aromatic N) is 2. The molecule has 0 saturated carbocycles. The van der Waals surface area contributed by atoms with Crippen molar-refractivity contribution in [3.05, 3.63) is 28.0 Å². The van der Waals surface area contributed by atoms with Crippen molar-refractivity contribution in [1.29, 1.82) is 0 Å². The van der Waals surface area contributed by atoms with Crippen molar-refractivity contribution in [2.45, 2.75) is 13.0 Å². The first kappa shape index (κ1) is 12.1. The SMILES string of the molecule is Clc1ccc(CN2CCCNCC2)c(Cl)n1. The summed E-state index contributed by atoms with van der Waals surface area (Å²) in [6.45, 7) is 5.15. The van der Waals surface area contributed by atoms with Gasteiger partial charge in [0.1, 0.15) is 10.3 Å². The van der Waals surface area contributed by atoms with Gasteiger partial charge in [-0.3, -0.25) is 4.90 Å². The average molecular weight is 260 g/mol. The van der Waals surface area contributed by atoms with Gasteiger partial charge in [0.25, 0.3) is 0 Å². The fourth-order valence-electron chi connectivity index (χ4n) is 1.86. The summed E-state index contributed by atoms with van der Waals surface area (Å²) in [4.78, 5) is 6.44. The minimum atomic E-state index is 0.450. The van der Waals surface area contributed by atoms with E-state index < -0.39 is 0 Å². The Balaban J connectivity index is 2.01. The molecule has 88 valence electrons. The molecule has 1 aromatic rings. The van der Waals surface area contributed by atoms with Crippen molar-refractivity contribution in [3.8, 4) is 0 Å². The molecule has 1 saturated heterocycles. The Bertz CT molecular complexity index is 349. The third kappa shape index (κ3) is 3.32. The Hall–Kier alpha value is -0.350. The van der Waals surface area contributed by atoms with Crippen molar-refractivity contribution >= 4 is 23.2 Å². The first-order valence-electron chi connectivity index (χ1n) is 5.50. The molecular formula is C11H15Cl2N3. The fraction of sp³-hybridized carbons (Fsp3) is 0.545. The quantitative estimate of drug-likeness (QED) is 0.826. The van der Waals surface area contributed by atoms with Gasteiger partial charge in [-0.2, -0.15) is 0 Å². The van der Waals surface area contributed by atoms with Crippen LogP contribution >= 0.6 is 23.2 Å². The first-order chi connectivity index (χ1) is 7.75. The summed E-state index contributed by atoms with van der Waals surface area (Å²) >= 11 is 11.8. The van der Waals surface area contributed by atoms with Crippen LogP contribution in [0.25, 0.3) is 0 Å². The normalized spacial score (nSPS) is 18.4. The van der Waals surface area contributed by atoms with E-state index in [1.165, 1.54) is 6.42 Å². The molecule has 0 aromatic carbocycles. The number of hydrogen-bond donors (Lipinski definition) is 1. The van der Waals surface area contributed by atoms with Crippen LogP contribution in [0.5, 0.6) is 0 Å². The molecule has 1 N–H and O–H groups in total. The number of rotatable bonds is 2. The maximum atomic E-state index is 6.05. The summed E-state index contributed by atoms with van der Waals surface area (Å²) in [6, 6.07) is 3.74. The molecule has 2 rings (SSSR count). The Morgan fingerprint density at radius 1 is 1.25 bits per heavy atom. The zero-order chi connectivity index (χ0) is 11.4. The molecule has 0 radical (unpaired) electrons. The van der Waals surface area contributed by atoms with Crippen LogP contribution in [-0.2, 0) is 6.54 Å². The zero-order valence-electron chi connectivity index (χ0n) is 9.05. The second-order valence-corrected chi connectivity index (χ2v) is 4.71. The van der Waals surface area contributed by atoms with E-state index in [1.807, 2.05) is 6.07 Å². The molecule has 3 nitrogen and oxygen atoms in total. The Morgan fingerprint density at radius 3 is 2.94 bits per heavy atom. The molecule has 1 aliphatic heterocycles. The number of nitrogens with one attached hydrogen (secondary N) is 1. The van der Waals surface area contributed by atoms with E-state index in [-0.39, 0.29) is 0 Å². The van der Waals surface area contributed by atoms with E-state index in [0.717, 1.165) is 38.3 Å². The van der Waals surface area contributed by atoms with Gasteiger partial charge in [0.2, 0.25) is 0 Å². The highest BCUT2D eigenvalue weighted by molar-refractivity contribution is 6.32. The number of pyridine rings is 1. The summed E-state index contributed by atoms with van der Waals surface area (Å²) in [5.74, 6) is 0. The maximum absolute atomic E-state index is 6.05. The summed E-state index contributed by atoms with van der Waals surface area (Å²) < 4.78 is 0. The van der Waals surface area contributed by atoms with Crippen LogP contribution in [0.2, 0.25) is 10.3 Å². The lowest BCUT2D eigenvalue weighted by molar-refractivity contribution is 0.284. The minimum Gasteiger partial charge on any atom is -0.315 e. The van der Waals surface area contributed by atoms with Crippen LogP contribution in [0.3, 0.4) is 0 Å². The van der Waals surface area contributed by atoms with Crippen molar-refractivity contribution in [2.24, 2.45) is 0 Å². The smallest absolute Gasteiger partial charge is 0.135 e. The molecule has 0 bridgehead atoms. The maximum Gasteiger partial charge on any atom is 0.135 e. The highest BCUT2D eigenvalue weighted by Crippen LogP contribution is 2.18. The van der Waals surface area contributed by atoms with E-state index in [1.54, 1.807) is 6.07 Å². The van der Waals surface area contributed by atoms with Crippen LogP contribution in [0, 0.1) is 0 Å². The highest BCUT2D eigenvalue weighted by Gasteiger charge is 2.11. The lowest BCUT2D eigenvalue weighted by Crippen LogP contribution is -2.27. The van der Waals surface area contributed by atoms with Gasteiger partial charge in [-0.25, -0.2) is 4.98 Å². The summed E-state index contributed by atoms with van der Waals surface area (Å²) in [5.41, 5.74) is 1.05. The molecule has 1 aromatic heterocycles. The molecule has 1 fully saturated rings. The number of aromatic nitrogens is 1. The lowest BCUT2D eigenvalue weighted by Gasteiger charge is -2.19. The molecule has 0 spiro atoms. The van der Waals surface area contributed by atoms with Crippen molar-refractivity contribution in [1.82, 2.24) is 15.2 Å². The van der Waals surface area contributed by atoms with Crippen molar-refractivity contribution in [3.63, 3.8) is 0 Å². The number of halogens is 2. The van der Waals surface area contributed by atoms with Crippen LogP contribution in [-0.4, -0.2) is 36.1 Å². The number of hydrogen-bond acceptors (Lipinski definition) is 3. The highest BCUT2D eigenvalue weighted by atomic mass is 35.5. The minimum absolute atomic E-state index is 0.450. The van der Waals surface area contributed by atoms with Crippen LogP contribution < -0.4 is 5.32 Å². The lowest BCUT2D eigenvalue weighted by atomic mass is 10.2. The monoisotopic (exact) mass is 259 g/mol. The Morgan fingerprint density at radius 2 is 2.12 bits per heavy atom. The summed E-state index contributed by atoms with van der Waals surface area (Å²) in [5, 5.41) is 4.34. The average Bonchev–Trinajstić information content (AvgIpc) is 2.51. The second kappa shape index (κ2) is 5.82. The fourth-order valence-corrected chi connectivity index (χ4v) is 2.26. The van der Waals surface area contributed by atoms with Gasteiger partial charge in [0.15, 0.2) is 0 Å². The van der Waals surface area contributed by atoms with E-state index in [2.05, 4.69) is 15.2 Å². The summed E-state index contributed by atoms with van der Waals surface area (Å²) in [6.07, 6.45) is 1.18. The Kier molecular flexibility index (Phi) is 4.41. The molecule has 5 heteroatoms. The van der Waals surface area contributed by atoms with E-state index in [0.29, 0.717) is 10.3 Å². The van der Waals surface area contributed by atoms with E-state index >= 15 is 0 Å². The standard InChI is InChI=1S/C11H15Cl2N3/c12-10-3-2-9(11(13)15-10)8-16-6-1-4-14-5-7-16/h2-3,14H,1,4-8H2. The zero-order valence-corrected chi connectivity index (χ0v) is 10.6. The predicted octanol–water partition coefficient (Wildman–Crippen LogP) is 2.18. The van der Waals surface area contributed by atoms with Crippen LogP contribution in [0.1, 0.15) is 12.0 Å². The van der Waals surface area contributed by atoms with Gasteiger partial charge in [-0.15, -0.1) is 0 Å². The Labute approximate surface area is 106 Å². The summed E-state index contributed by atoms with van der Waals surface area (Å²) in [7, 11) is 0. The third-order valence-corrected chi connectivity index (χ3v) is 3.26. The molecule has 0 atom stereocenters. The van der Waals surface area contributed by atoms with Gasteiger partial charge in [0, 0.05) is 25.2 Å². The van der Waals surface area contributed by atoms with Crippen molar-refractivity contribution < 1.29 is 0 Å². The molecule has 16 heavy (non-hydrogen) atoms. The molecule has 0 aliphatic carbocycles. The van der Waals surface area contributed by atoms with Gasteiger partial charge >= 0.3 is 0 Å². The third-order valence-electron chi connectivity index (χ3n) is 2.72. The van der Waals surface area contributed by atoms with Gasteiger partial charge in [-0.05, 0) is 25.6 Å². The molecule has 2 heterocycles. The van der Waals surface area contributed by atoms with E-state index in [9.17, 15) is 0 Å². The van der Waals surface area contributed by atoms with Crippen molar-refractivity contribution in [2.75, 3.05) is 26.2 Å². The molecule has 1 aliphatic rings.